The summed E-state index contributed by atoms with van der Waals surface area (Å²) in [6, 6.07) is 17.9. The molecular weight excluding hydrogens is 355 g/mol. The molecule has 0 atom stereocenters. The van der Waals surface area contributed by atoms with E-state index >= 15 is 0 Å². The van der Waals surface area contributed by atoms with E-state index in [1.807, 2.05) is 30.3 Å². The van der Waals surface area contributed by atoms with Crippen LogP contribution in [0.2, 0.25) is 0 Å². The van der Waals surface area contributed by atoms with E-state index in [2.05, 4.69) is 28.1 Å². The molecule has 0 spiro atoms. The minimum Gasteiger partial charge on any atom is -0.352 e. The van der Waals surface area contributed by atoms with Crippen molar-refractivity contribution in [2.24, 2.45) is 0 Å². The first-order valence-corrected chi connectivity index (χ1v) is 9.31. The highest BCUT2D eigenvalue weighted by Gasteiger charge is 2.23. The fourth-order valence-electron chi connectivity index (χ4n) is 3.44. The van der Waals surface area contributed by atoms with Gasteiger partial charge >= 0.3 is 0 Å². The molecule has 1 aromatic heterocycles. The first-order chi connectivity index (χ1) is 13.6. The van der Waals surface area contributed by atoms with Gasteiger partial charge in [-0.1, -0.05) is 30.3 Å². The minimum atomic E-state index is -0.395. The zero-order chi connectivity index (χ0) is 19.5. The van der Waals surface area contributed by atoms with E-state index in [-0.39, 0.29) is 5.91 Å². The molecule has 28 heavy (non-hydrogen) atoms. The standard InChI is InChI=1S/C22H21FN4O/c1-16-5-2-3-8-19(16)20-9-10-21(25-24-20)26-11-13-27(14-12-26)22(28)17-6-4-7-18(23)15-17/h2-10,15H,11-14H2,1H3. The number of nitrogens with zero attached hydrogens (tertiary/aromatic N) is 4. The average Bonchev–Trinajstić information content (AvgIpc) is 2.74. The molecule has 0 unspecified atom stereocenters. The van der Waals surface area contributed by atoms with E-state index in [1.165, 1.54) is 12.1 Å². The Morgan fingerprint density at radius 1 is 0.929 bits per heavy atom. The van der Waals surface area contributed by atoms with Gasteiger partial charge in [0.15, 0.2) is 5.82 Å². The third-order valence-corrected chi connectivity index (χ3v) is 5.03. The molecule has 4 rings (SSSR count). The van der Waals surface area contributed by atoms with Crippen LogP contribution in [0.25, 0.3) is 11.3 Å². The second-order valence-corrected chi connectivity index (χ2v) is 6.88. The van der Waals surface area contributed by atoms with Crippen LogP contribution >= 0.6 is 0 Å². The highest BCUT2D eigenvalue weighted by Crippen LogP contribution is 2.22. The number of amides is 1. The lowest BCUT2D eigenvalue weighted by Crippen LogP contribution is -2.49. The number of hydrogen-bond donors (Lipinski definition) is 0. The molecule has 3 aromatic rings. The second-order valence-electron chi connectivity index (χ2n) is 6.88. The maximum absolute atomic E-state index is 13.4. The Morgan fingerprint density at radius 2 is 1.71 bits per heavy atom. The maximum atomic E-state index is 13.4. The van der Waals surface area contributed by atoms with E-state index < -0.39 is 5.82 Å². The molecule has 142 valence electrons. The lowest BCUT2D eigenvalue weighted by Gasteiger charge is -2.35. The van der Waals surface area contributed by atoms with Gasteiger partial charge in [0, 0.05) is 37.3 Å². The number of aryl methyl sites for hydroxylation is 1. The largest absolute Gasteiger partial charge is 0.352 e. The number of carbonyl (C=O) groups excluding carboxylic acids is 1. The van der Waals surface area contributed by atoms with E-state index in [0.717, 1.165) is 22.6 Å². The van der Waals surface area contributed by atoms with Gasteiger partial charge in [-0.3, -0.25) is 4.79 Å². The SMILES string of the molecule is Cc1ccccc1-c1ccc(N2CCN(C(=O)c3cccc(F)c3)CC2)nn1. The number of benzene rings is 2. The Morgan fingerprint density at radius 3 is 2.39 bits per heavy atom. The Labute approximate surface area is 163 Å². The predicted octanol–water partition coefficient (Wildman–Crippen LogP) is 3.55. The summed E-state index contributed by atoms with van der Waals surface area (Å²) >= 11 is 0. The van der Waals surface area contributed by atoms with Gasteiger partial charge in [-0.15, -0.1) is 10.2 Å². The van der Waals surface area contributed by atoms with Crippen LogP contribution in [-0.4, -0.2) is 47.2 Å². The molecule has 1 aliphatic heterocycles. The molecule has 0 N–H and O–H groups in total. The van der Waals surface area contributed by atoms with Crippen molar-refractivity contribution in [3.05, 3.63) is 77.6 Å². The molecule has 1 saturated heterocycles. The number of hydrogen-bond acceptors (Lipinski definition) is 4. The van der Waals surface area contributed by atoms with Crippen LogP contribution in [0.3, 0.4) is 0 Å². The summed E-state index contributed by atoms with van der Waals surface area (Å²) < 4.78 is 13.4. The molecule has 2 aromatic carbocycles. The molecule has 1 amide bonds. The summed E-state index contributed by atoms with van der Waals surface area (Å²) in [6.45, 7) is 4.52. The first kappa shape index (κ1) is 18.1. The Bertz CT molecular complexity index is 982. The van der Waals surface area contributed by atoms with Crippen LogP contribution in [0.4, 0.5) is 10.2 Å². The second kappa shape index (κ2) is 7.76. The third kappa shape index (κ3) is 3.71. The van der Waals surface area contributed by atoms with Crippen molar-refractivity contribution in [2.45, 2.75) is 6.92 Å². The van der Waals surface area contributed by atoms with Gasteiger partial charge in [0.05, 0.1) is 5.69 Å². The number of halogens is 1. The van der Waals surface area contributed by atoms with Gasteiger partial charge in [0.2, 0.25) is 0 Å². The monoisotopic (exact) mass is 376 g/mol. The van der Waals surface area contributed by atoms with Crippen molar-refractivity contribution in [1.29, 1.82) is 0 Å². The zero-order valence-corrected chi connectivity index (χ0v) is 15.7. The summed E-state index contributed by atoms with van der Waals surface area (Å²) in [5, 5.41) is 8.76. The highest BCUT2D eigenvalue weighted by molar-refractivity contribution is 5.94. The molecule has 2 heterocycles. The number of anilines is 1. The van der Waals surface area contributed by atoms with Gasteiger partial charge in [-0.05, 0) is 42.8 Å². The van der Waals surface area contributed by atoms with Gasteiger partial charge in [0.1, 0.15) is 5.82 Å². The molecule has 0 radical (unpaired) electrons. The number of rotatable bonds is 3. The molecule has 1 fully saturated rings. The number of aromatic nitrogens is 2. The molecule has 6 heteroatoms. The molecule has 1 aliphatic rings. The van der Waals surface area contributed by atoms with Crippen molar-refractivity contribution in [3.8, 4) is 11.3 Å². The fraction of sp³-hybridized carbons (Fsp3) is 0.227. The van der Waals surface area contributed by atoms with Crippen LogP contribution in [0.1, 0.15) is 15.9 Å². The van der Waals surface area contributed by atoms with Crippen molar-refractivity contribution in [3.63, 3.8) is 0 Å². The molecule has 0 saturated carbocycles. The normalized spacial score (nSPS) is 14.2. The lowest BCUT2D eigenvalue weighted by atomic mass is 10.1. The van der Waals surface area contributed by atoms with Gasteiger partial charge in [0.25, 0.3) is 5.91 Å². The van der Waals surface area contributed by atoms with E-state index in [0.29, 0.717) is 31.7 Å². The van der Waals surface area contributed by atoms with Crippen LogP contribution in [-0.2, 0) is 0 Å². The zero-order valence-electron chi connectivity index (χ0n) is 15.7. The lowest BCUT2D eigenvalue weighted by molar-refractivity contribution is 0.0746. The van der Waals surface area contributed by atoms with Crippen molar-refractivity contribution < 1.29 is 9.18 Å². The van der Waals surface area contributed by atoms with Gasteiger partial charge in [-0.25, -0.2) is 4.39 Å². The van der Waals surface area contributed by atoms with Gasteiger partial charge in [-0.2, -0.15) is 0 Å². The van der Waals surface area contributed by atoms with E-state index in [9.17, 15) is 9.18 Å². The maximum Gasteiger partial charge on any atom is 0.254 e. The Kier molecular flexibility index (Phi) is 5.02. The summed E-state index contributed by atoms with van der Waals surface area (Å²) in [4.78, 5) is 16.4. The van der Waals surface area contributed by atoms with Gasteiger partial charge < -0.3 is 9.80 Å². The smallest absolute Gasteiger partial charge is 0.254 e. The van der Waals surface area contributed by atoms with Crippen molar-refractivity contribution >= 4 is 11.7 Å². The summed E-state index contributed by atoms with van der Waals surface area (Å²) in [5.41, 5.74) is 3.47. The number of carbonyl (C=O) groups is 1. The van der Waals surface area contributed by atoms with Crippen molar-refractivity contribution in [2.75, 3.05) is 31.1 Å². The summed E-state index contributed by atoms with van der Waals surface area (Å²) in [5.74, 6) is 0.267. The predicted molar refractivity (Wildman–Crippen MR) is 107 cm³/mol. The quantitative estimate of drug-likeness (QED) is 0.701. The first-order valence-electron chi connectivity index (χ1n) is 9.31. The molecular formula is C22H21FN4O. The van der Waals surface area contributed by atoms with E-state index in [4.69, 9.17) is 0 Å². The van der Waals surface area contributed by atoms with E-state index in [1.54, 1.807) is 17.0 Å². The van der Waals surface area contributed by atoms with Crippen LogP contribution < -0.4 is 4.90 Å². The Balaban J connectivity index is 1.41. The summed E-state index contributed by atoms with van der Waals surface area (Å²) in [6.07, 6.45) is 0. The third-order valence-electron chi connectivity index (χ3n) is 5.03. The molecule has 0 aliphatic carbocycles. The fourth-order valence-corrected chi connectivity index (χ4v) is 3.44. The average molecular weight is 376 g/mol. The summed E-state index contributed by atoms with van der Waals surface area (Å²) in [7, 11) is 0. The Hall–Kier alpha value is -3.28. The van der Waals surface area contributed by atoms with Crippen molar-refractivity contribution in [1.82, 2.24) is 15.1 Å². The van der Waals surface area contributed by atoms with Crippen LogP contribution in [0.5, 0.6) is 0 Å². The van der Waals surface area contributed by atoms with Crippen LogP contribution in [0, 0.1) is 12.7 Å². The minimum absolute atomic E-state index is 0.139. The molecule has 0 bridgehead atoms. The highest BCUT2D eigenvalue weighted by atomic mass is 19.1. The molecule has 5 nitrogen and oxygen atoms in total. The van der Waals surface area contributed by atoms with Crippen LogP contribution in [0.15, 0.2) is 60.7 Å². The topological polar surface area (TPSA) is 49.3 Å². The number of piperazine rings is 1.